The minimum absolute atomic E-state index is 0. The lowest BCUT2D eigenvalue weighted by Crippen LogP contribution is -3.00. The highest BCUT2D eigenvalue weighted by atomic mass is 35.5. The van der Waals surface area contributed by atoms with Gasteiger partial charge in [-0.3, -0.25) is 14.5 Å². The largest absolute Gasteiger partial charge is 1.00 e. The molecule has 290 valence electrons. The van der Waals surface area contributed by atoms with E-state index in [9.17, 15) is 19.8 Å². The first-order valence-electron chi connectivity index (χ1n) is 19.2. The molecule has 0 saturated carbocycles. The van der Waals surface area contributed by atoms with E-state index in [-0.39, 0.29) is 50.1 Å². The number of quaternary nitrogens is 3. The summed E-state index contributed by atoms with van der Waals surface area (Å²) in [5, 5.41) is 19.9. The molecule has 53 heavy (non-hydrogen) atoms. The number of carboxylic acid groups (broad SMARTS) is 2. The molecule has 0 spiro atoms. The summed E-state index contributed by atoms with van der Waals surface area (Å²) in [7, 11) is 0. The van der Waals surface area contributed by atoms with Crippen LogP contribution in [0.15, 0.2) is 78.9 Å². The zero-order valence-corrected chi connectivity index (χ0v) is 33.2. The summed E-state index contributed by atoms with van der Waals surface area (Å²) in [4.78, 5) is 27.0. The number of aliphatic carboxylic acids is 2. The molecule has 11 heteroatoms. The normalized spacial score (nSPS) is 26.7. The van der Waals surface area contributed by atoms with Crippen LogP contribution in [0.3, 0.4) is 0 Å². The third-order valence-electron chi connectivity index (χ3n) is 13.2. The molecule has 6 saturated heterocycles. The third kappa shape index (κ3) is 10.3. The van der Waals surface area contributed by atoms with Gasteiger partial charge in [0, 0.05) is 25.2 Å². The highest BCUT2D eigenvalue weighted by Crippen LogP contribution is 2.31. The van der Waals surface area contributed by atoms with Crippen molar-refractivity contribution in [3.05, 3.63) is 95.6 Å². The summed E-state index contributed by atoms with van der Waals surface area (Å²) in [5.41, 5.74) is 5.29. The van der Waals surface area contributed by atoms with Gasteiger partial charge in [0.05, 0.1) is 44.6 Å². The van der Waals surface area contributed by atoms with Gasteiger partial charge in [-0.15, -0.1) is 0 Å². The molecule has 0 aromatic heterocycles. The molecule has 2 atom stereocenters. The standard InChI is InChI=1S/C42H55N4O4.3ClH/c47-41(48)39(31-34-7-3-1-4-8-34)40(42(49)50)32-35-9-13-37(14-10-35)38-15-11-36(12-16-38)33-46-28-25-45(26-29-46,27-30-46)21-6-2-5-20-44-22-17-43(18-23-44)19-24-44;;;/h1,3-4,7-16,39-40H,2,5-6,17-33H2;3*1H/q+1;;;/p-1/t39-,40-,45?,46?;;;/m0.../s1. The fourth-order valence-electron chi connectivity index (χ4n) is 9.60. The maximum atomic E-state index is 12.2. The molecule has 3 aromatic rings. The van der Waals surface area contributed by atoms with Crippen molar-refractivity contribution in [3.8, 4) is 11.1 Å². The number of hydrogen-bond donors (Lipinski definition) is 2. The van der Waals surface area contributed by atoms with E-state index in [1.54, 1.807) is 0 Å². The summed E-state index contributed by atoms with van der Waals surface area (Å²) in [6.07, 6.45) is 4.58. The average Bonchev–Trinajstić information content (AvgIpc) is 3.15. The minimum atomic E-state index is -1.07. The monoisotopic (exact) mass is 786 g/mol. The van der Waals surface area contributed by atoms with E-state index in [0.29, 0.717) is 0 Å². The predicted octanol–water partition coefficient (Wildman–Crippen LogP) is -3.97. The number of nitrogens with zero attached hydrogens (tertiary/aromatic N) is 4. The van der Waals surface area contributed by atoms with Crippen LogP contribution in [0.5, 0.6) is 0 Å². The SMILES string of the molecule is O=C(O)[C@@H](Cc1ccccc1)[C@H](Cc1ccc(-c2ccc(C[N+]34CC[N+](CCCCC[N+]56CCN(CC5)CC6)(CC3)CC4)cc2)cc1)C(=O)O.[Cl-].[Cl-].[Cl-]. The second-order valence-corrected chi connectivity index (χ2v) is 16.2. The second-order valence-electron chi connectivity index (χ2n) is 16.2. The number of halogens is 3. The van der Waals surface area contributed by atoms with Crippen LogP contribution >= 0.6 is 0 Å². The number of piperazine rings is 6. The maximum absolute atomic E-state index is 12.2. The van der Waals surface area contributed by atoms with E-state index < -0.39 is 23.8 Å². The number of hydrogen-bond acceptors (Lipinski definition) is 3. The molecule has 0 amide bonds. The summed E-state index contributed by atoms with van der Waals surface area (Å²) in [5.74, 6) is -4.16. The van der Waals surface area contributed by atoms with Crippen LogP contribution in [0.1, 0.15) is 36.0 Å². The van der Waals surface area contributed by atoms with Crippen LogP contribution in [0.25, 0.3) is 11.1 Å². The maximum Gasteiger partial charge on any atom is 0.307 e. The molecule has 6 aliphatic heterocycles. The lowest BCUT2D eigenvalue weighted by atomic mass is 9.82. The Labute approximate surface area is 334 Å². The summed E-state index contributed by atoms with van der Waals surface area (Å²) in [6, 6.07) is 26.2. The Bertz CT molecular complexity index is 1580. The van der Waals surface area contributed by atoms with E-state index in [4.69, 9.17) is 0 Å². The van der Waals surface area contributed by atoms with Gasteiger partial charge in [0.15, 0.2) is 0 Å². The van der Waals surface area contributed by atoms with Crippen molar-refractivity contribution in [1.29, 1.82) is 0 Å². The van der Waals surface area contributed by atoms with E-state index in [1.165, 1.54) is 130 Å². The lowest BCUT2D eigenvalue weighted by Gasteiger charge is -2.55. The smallest absolute Gasteiger partial charge is 0.307 e. The molecule has 8 nitrogen and oxygen atoms in total. The molecule has 3 aromatic carbocycles. The van der Waals surface area contributed by atoms with Crippen LogP contribution < -0.4 is 37.2 Å². The summed E-state index contributed by atoms with van der Waals surface area (Å²) < 4.78 is 4.00. The highest BCUT2D eigenvalue weighted by molar-refractivity contribution is 5.80. The van der Waals surface area contributed by atoms with Crippen molar-refractivity contribution in [3.63, 3.8) is 0 Å². The van der Waals surface area contributed by atoms with Crippen molar-refractivity contribution in [2.24, 2.45) is 11.8 Å². The second kappa shape index (κ2) is 18.8. The Morgan fingerprint density at radius 3 is 1.36 bits per heavy atom. The molecule has 6 fully saturated rings. The lowest BCUT2D eigenvalue weighted by molar-refractivity contribution is -1.09. The fourth-order valence-corrected chi connectivity index (χ4v) is 9.60. The number of rotatable bonds is 16. The topological polar surface area (TPSA) is 77.8 Å². The molecule has 0 radical (unpaired) electrons. The van der Waals surface area contributed by atoms with Gasteiger partial charge >= 0.3 is 11.9 Å². The molecule has 0 aliphatic carbocycles. The summed E-state index contributed by atoms with van der Waals surface area (Å²) in [6.45, 7) is 19.9. The Morgan fingerprint density at radius 1 is 0.509 bits per heavy atom. The highest BCUT2D eigenvalue weighted by Gasteiger charge is 2.48. The molecule has 0 unspecified atom stereocenters. The average molecular weight is 788 g/mol. The van der Waals surface area contributed by atoms with Gasteiger partial charge < -0.3 is 60.9 Å². The van der Waals surface area contributed by atoms with E-state index >= 15 is 0 Å². The van der Waals surface area contributed by atoms with Crippen LogP contribution in [0, 0.1) is 11.8 Å². The Balaban J connectivity index is 0.00000209. The van der Waals surface area contributed by atoms with Crippen LogP contribution in [0.4, 0.5) is 0 Å². The van der Waals surface area contributed by atoms with Crippen molar-refractivity contribution in [1.82, 2.24) is 4.90 Å². The van der Waals surface area contributed by atoms with Crippen LogP contribution in [-0.4, -0.2) is 132 Å². The van der Waals surface area contributed by atoms with Crippen molar-refractivity contribution in [2.45, 2.75) is 38.6 Å². The first kappa shape index (κ1) is 43.0. The molecule has 6 aliphatic rings. The molecule has 4 bridgehead atoms. The van der Waals surface area contributed by atoms with Crippen LogP contribution in [0.2, 0.25) is 0 Å². The van der Waals surface area contributed by atoms with Crippen molar-refractivity contribution in [2.75, 3.05) is 91.6 Å². The first-order chi connectivity index (χ1) is 24.2. The number of fused-ring (bicyclic) bond motifs is 6. The van der Waals surface area contributed by atoms with Gasteiger partial charge in [0.1, 0.15) is 45.8 Å². The first-order valence-corrected chi connectivity index (χ1v) is 19.2. The van der Waals surface area contributed by atoms with Gasteiger partial charge in [-0.05, 0) is 54.4 Å². The Hall–Kier alpha value is -2.69. The molecule has 6 heterocycles. The predicted molar refractivity (Wildman–Crippen MR) is 196 cm³/mol. The fraction of sp³-hybridized carbons (Fsp3) is 0.524. The number of benzene rings is 3. The Kier molecular flexibility index (Phi) is 15.2. The van der Waals surface area contributed by atoms with Gasteiger partial charge in [0.2, 0.25) is 0 Å². The zero-order valence-electron chi connectivity index (χ0n) is 30.9. The van der Waals surface area contributed by atoms with Crippen molar-refractivity contribution < 1.29 is 70.5 Å². The van der Waals surface area contributed by atoms with Crippen molar-refractivity contribution >= 4 is 11.9 Å². The molecular formula is C42H57Cl3N4O4. The molecular weight excluding hydrogens is 731 g/mol. The van der Waals surface area contributed by atoms with E-state index in [1.807, 2.05) is 54.6 Å². The number of carbonyl (C=O) groups is 2. The minimum Gasteiger partial charge on any atom is -1.00 e. The quantitative estimate of drug-likeness (QED) is 0.115. The van der Waals surface area contributed by atoms with Gasteiger partial charge in [-0.1, -0.05) is 78.9 Å². The number of carboxylic acids is 2. The Morgan fingerprint density at radius 2 is 0.906 bits per heavy atom. The van der Waals surface area contributed by atoms with Gasteiger partial charge in [0.25, 0.3) is 0 Å². The van der Waals surface area contributed by atoms with Gasteiger partial charge in [-0.2, -0.15) is 0 Å². The van der Waals surface area contributed by atoms with Crippen LogP contribution in [-0.2, 0) is 29.0 Å². The van der Waals surface area contributed by atoms with Gasteiger partial charge in [-0.25, -0.2) is 0 Å². The summed E-state index contributed by atoms with van der Waals surface area (Å²) >= 11 is 0. The molecule has 2 N–H and O–H groups in total. The zero-order chi connectivity index (χ0) is 34.6. The van der Waals surface area contributed by atoms with E-state index in [2.05, 4.69) is 29.2 Å². The van der Waals surface area contributed by atoms with E-state index in [0.717, 1.165) is 28.8 Å². The molecule has 9 rings (SSSR count). The number of unbranched alkanes of at least 4 members (excludes halogenated alkanes) is 2. The third-order valence-corrected chi connectivity index (χ3v) is 13.2.